The standard InChI is InChI=1S/C23H26F3N3O4/c1-22(2,3)33-21(31)29-11-10-17(13-29)15-4-7-18(8-5-15)28-20(30)16-6-9-19(27-12-16)32-14-23(24,25)26/h4-9,12,17H,10-11,13-14H2,1-3H3,(H,28,30)/t17-/m1/s1. The number of carbonyl (C=O) groups is 2. The summed E-state index contributed by atoms with van der Waals surface area (Å²) in [5.41, 5.74) is 1.25. The molecule has 1 saturated heterocycles. The van der Waals surface area contributed by atoms with Crippen molar-refractivity contribution in [1.29, 1.82) is 0 Å². The molecule has 10 heteroatoms. The van der Waals surface area contributed by atoms with Crippen LogP contribution < -0.4 is 10.1 Å². The van der Waals surface area contributed by atoms with Crippen LogP contribution in [-0.4, -0.2) is 53.4 Å². The number of carbonyl (C=O) groups excluding carboxylic acids is 2. The van der Waals surface area contributed by atoms with Crippen molar-refractivity contribution in [3.63, 3.8) is 0 Å². The summed E-state index contributed by atoms with van der Waals surface area (Å²) >= 11 is 0. The molecule has 33 heavy (non-hydrogen) atoms. The summed E-state index contributed by atoms with van der Waals surface area (Å²) in [4.78, 5) is 30.1. The number of benzene rings is 1. The summed E-state index contributed by atoms with van der Waals surface area (Å²) in [6.45, 7) is 5.23. The van der Waals surface area contributed by atoms with E-state index in [1.165, 1.54) is 12.1 Å². The van der Waals surface area contributed by atoms with Gasteiger partial charge in [0.2, 0.25) is 5.88 Å². The van der Waals surface area contributed by atoms with E-state index in [-0.39, 0.29) is 23.5 Å². The van der Waals surface area contributed by atoms with Gasteiger partial charge in [0.25, 0.3) is 5.91 Å². The van der Waals surface area contributed by atoms with Gasteiger partial charge in [0.05, 0.1) is 5.56 Å². The van der Waals surface area contributed by atoms with E-state index in [2.05, 4.69) is 15.0 Å². The van der Waals surface area contributed by atoms with Crippen LogP contribution in [0.15, 0.2) is 42.6 Å². The first-order chi connectivity index (χ1) is 15.4. The highest BCUT2D eigenvalue weighted by Crippen LogP contribution is 2.29. The molecule has 1 atom stereocenters. The van der Waals surface area contributed by atoms with Crippen molar-refractivity contribution in [1.82, 2.24) is 9.88 Å². The largest absolute Gasteiger partial charge is 0.468 e. The molecule has 1 aromatic heterocycles. The topological polar surface area (TPSA) is 80.8 Å². The number of nitrogens with zero attached hydrogens (tertiary/aromatic N) is 2. The molecule has 1 N–H and O–H groups in total. The highest BCUT2D eigenvalue weighted by molar-refractivity contribution is 6.04. The Balaban J connectivity index is 1.53. The van der Waals surface area contributed by atoms with Gasteiger partial charge in [0, 0.05) is 37.0 Å². The van der Waals surface area contributed by atoms with Crippen LogP contribution in [0.3, 0.4) is 0 Å². The first kappa shape index (κ1) is 24.3. The van der Waals surface area contributed by atoms with Gasteiger partial charge in [-0.05, 0) is 51.0 Å². The molecule has 3 rings (SSSR count). The van der Waals surface area contributed by atoms with Crippen LogP contribution in [0.1, 0.15) is 49.0 Å². The van der Waals surface area contributed by atoms with Gasteiger partial charge >= 0.3 is 12.3 Å². The molecular weight excluding hydrogens is 439 g/mol. The number of hydrogen-bond acceptors (Lipinski definition) is 5. The number of alkyl halides is 3. The Kier molecular flexibility index (Phi) is 7.14. The van der Waals surface area contributed by atoms with Crippen LogP contribution in [0, 0.1) is 0 Å². The monoisotopic (exact) mass is 465 g/mol. The summed E-state index contributed by atoms with van der Waals surface area (Å²) in [6, 6.07) is 9.86. The van der Waals surface area contributed by atoms with E-state index in [4.69, 9.17) is 4.74 Å². The number of rotatable bonds is 5. The van der Waals surface area contributed by atoms with Crippen LogP contribution in [0.2, 0.25) is 0 Å². The fourth-order valence-corrected chi connectivity index (χ4v) is 3.32. The molecule has 1 aliphatic rings. The quantitative estimate of drug-likeness (QED) is 0.672. The van der Waals surface area contributed by atoms with Crippen LogP contribution in [0.25, 0.3) is 0 Å². The van der Waals surface area contributed by atoms with E-state index in [0.29, 0.717) is 18.8 Å². The Bertz CT molecular complexity index is 970. The molecule has 0 spiro atoms. The lowest BCUT2D eigenvalue weighted by atomic mass is 9.98. The maximum atomic E-state index is 12.4. The maximum absolute atomic E-state index is 12.4. The van der Waals surface area contributed by atoms with Gasteiger partial charge in [0.1, 0.15) is 5.60 Å². The summed E-state index contributed by atoms with van der Waals surface area (Å²) in [5.74, 6) is -0.490. The van der Waals surface area contributed by atoms with Gasteiger partial charge < -0.3 is 19.7 Å². The molecule has 7 nitrogen and oxygen atoms in total. The SMILES string of the molecule is CC(C)(C)OC(=O)N1CC[C@@H](c2ccc(NC(=O)c3ccc(OCC(F)(F)F)nc3)cc2)C1. The predicted octanol–water partition coefficient (Wildman–Crippen LogP) is 5.00. The van der Waals surface area contributed by atoms with Gasteiger partial charge in [-0.25, -0.2) is 9.78 Å². The van der Waals surface area contributed by atoms with Crippen LogP contribution in [-0.2, 0) is 4.74 Å². The average molecular weight is 465 g/mol. The molecule has 0 unspecified atom stereocenters. The Hall–Kier alpha value is -3.30. The van der Waals surface area contributed by atoms with Crippen molar-refractivity contribution >= 4 is 17.7 Å². The fraction of sp³-hybridized carbons (Fsp3) is 0.435. The molecule has 1 aliphatic heterocycles. The Labute approximate surface area is 189 Å². The number of likely N-dealkylation sites (tertiary alicyclic amines) is 1. The zero-order chi connectivity index (χ0) is 24.2. The first-order valence-electron chi connectivity index (χ1n) is 10.4. The van der Waals surface area contributed by atoms with Gasteiger partial charge in [-0.3, -0.25) is 4.79 Å². The van der Waals surface area contributed by atoms with Crippen molar-refractivity contribution in [2.24, 2.45) is 0 Å². The minimum absolute atomic E-state index is 0.177. The molecule has 0 radical (unpaired) electrons. The van der Waals surface area contributed by atoms with E-state index in [0.717, 1.165) is 18.2 Å². The van der Waals surface area contributed by atoms with Crippen LogP contribution >= 0.6 is 0 Å². The third-order valence-electron chi connectivity index (χ3n) is 4.86. The van der Waals surface area contributed by atoms with Crippen molar-refractivity contribution < 1.29 is 32.2 Å². The van der Waals surface area contributed by atoms with Crippen LogP contribution in [0.4, 0.5) is 23.7 Å². The zero-order valence-electron chi connectivity index (χ0n) is 18.6. The minimum Gasteiger partial charge on any atom is -0.468 e. The minimum atomic E-state index is -4.46. The highest BCUT2D eigenvalue weighted by Gasteiger charge is 2.30. The van der Waals surface area contributed by atoms with Gasteiger partial charge in [-0.2, -0.15) is 13.2 Å². The van der Waals surface area contributed by atoms with Crippen molar-refractivity contribution in [2.45, 2.75) is 44.9 Å². The van der Waals surface area contributed by atoms with E-state index < -0.39 is 24.3 Å². The maximum Gasteiger partial charge on any atom is 0.422 e. The second-order valence-electron chi connectivity index (χ2n) is 8.78. The van der Waals surface area contributed by atoms with E-state index in [1.807, 2.05) is 32.9 Å². The molecule has 0 bridgehead atoms. The number of amides is 2. The highest BCUT2D eigenvalue weighted by atomic mass is 19.4. The molecule has 178 valence electrons. The molecule has 2 amide bonds. The fourth-order valence-electron chi connectivity index (χ4n) is 3.32. The smallest absolute Gasteiger partial charge is 0.422 e. The Morgan fingerprint density at radius 3 is 2.39 bits per heavy atom. The van der Waals surface area contributed by atoms with Gasteiger partial charge in [-0.15, -0.1) is 0 Å². The van der Waals surface area contributed by atoms with Crippen molar-refractivity contribution in [3.05, 3.63) is 53.7 Å². The van der Waals surface area contributed by atoms with Crippen LogP contribution in [0.5, 0.6) is 5.88 Å². The Morgan fingerprint density at radius 1 is 1.12 bits per heavy atom. The second kappa shape index (κ2) is 9.68. The number of anilines is 1. The van der Waals surface area contributed by atoms with Crippen molar-refractivity contribution in [2.75, 3.05) is 25.0 Å². The molecular formula is C23H26F3N3O4. The lowest BCUT2D eigenvalue weighted by molar-refractivity contribution is -0.154. The summed E-state index contributed by atoms with van der Waals surface area (Å²) in [7, 11) is 0. The lowest BCUT2D eigenvalue weighted by Crippen LogP contribution is -2.35. The predicted molar refractivity (Wildman–Crippen MR) is 115 cm³/mol. The van der Waals surface area contributed by atoms with Crippen molar-refractivity contribution in [3.8, 4) is 5.88 Å². The number of nitrogens with one attached hydrogen (secondary N) is 1. The zero-order valence-corrected chi connectivity index (χ0v) is 18.6. The van der Waals surface area contributed by atoms with Gasteiger partial charge in [-0.1, -0.05) is 12.1 Å². The third kappa shape index (κ3) is 7.37. The Morgan fingerprint density at radius 2 is 1.82 bits per heavy atom. The number of hydrogen-bond donors (Lipinski definition) is 1. The first-order valence-corrected chi connectivity index (χ1v) is 10.4. The number of pyridine rings is 1. The van der Waals surface area contributed by atoms with E-state index >= 15 is 0 Å². The molecule has 1 aromatic carbocycles. The summed E-state index contributed by atoms with van der Waals surface area (Å²) < 4.78 is 46.5. The number of aromatic nitrogens is 1. The average Bonchev–Trinajstić information content (AvgIpc) is 3.22. The molecule has 1 fully saturated rings. The van der Waals surface area contributed by atoms with E-state index in [1.54, 1.807) is 17.0 Å². The molecule has 0 saturated carbocycles. The molecule has 0 aliphatic carbocycles. The van der Waals surface area contributed by atoms with Gasteiger partial charge in [0.15, 0.2) is 6.61 Å². The molecule has 2 aromatic rings. The van der Waals surface area contributed by atoms with E-state index in [9.17, 15) is 22.8 Å². The number of halogens is 3. The summed E-state index contributed by atoms with van der Waals surface area (Å²) in [5, 5.41) is 2.72. The molecule has 2 heterocycles. The normalized spacial score (nSPS) is 16.4. The summed E-state index contributed by atoms with van der Waals surface area (Å²) in [6.07, 6.45) is -2.81. The number of ether oxygens (including phenoxy) is 2. The lowest BCUT2D eigenvalue weighted by Gasteiger charge is -2.24. The second-order valence-corrected chi connectivity index (χ2v) is 8.78. The third-order valence-corrected chi connectivity index (χ3v) is 4.86.